The van der Waals surface area contributed by atoms with Gasteiger partial charge in [-0.05, 0) is 86.3 Å². The van der Waals surface area contributed by atoms with Gasteiger partial charge in [0.15, 0.2) is 0 Å². The second kappa shape index (κ2) is 12.9. The van der Waals surface area contributed by atoms with Gasteiger partial charge in [0.25, 0.3) is 0 Å². The van der Waals surface area contributed by atoms with Gasteiger partial charge in [-0.3, -0.25) is 0 Å². The third-order valence-corrected chi connectivity index (χ3v) is 16.7. The highest BCUT2D eigenvalue weighted by Crippen LogP contribution is 2.59. The fraction of sp³-hybridized carbons (Fsp3) is 1.00. The summed E-state index contributed by atoms with van der Waals surface area (Å²) in [6, 6.07) is 0.537. The first-order valence-corrected chi connectivity index (χ1v) is 17.4. The molecule has 4 saturated carbocycles. The van der Waals surface area contributed by atoms with Crippen molar-refractivity contribution in [2.75, 3.05) is 12.3 Å². The summed E-state index contributed by atoms with van der Waals surface area (Å²) in [5.41, 5.74) is 11.5. The molecule has 0 atom stereocenters. The SMILES string of the molecule is NC(CP(C1CCCCC1)C1CCCCC1)CP(C1CCCCC1)C1CCCCC1. The van der Waals surface area contributed by atoms with Crippen molar-refractivity contribution in [2.45, 2.75) is 157 Å². The van der Waals surface area contributed by atoms with Gasteiger partial charge in [-0.1, -0.05) is 92.9 Å². The van der Waals surface area contributed by atoms with Gasteiger partial charge < -0.3 is 5.73 Å². The summed E-state index contributed by atoms with van der Waals surface area (Å²) >= 11 is 0. The molecule has 30 heavy (non-hydrogen) atoms. The van der Waals surface area contributed by atoms with E-state index < -0.39 is 0 Å². The van der Waals surface area contributed by atoms with Gasteiger partial charge in [0.1, 0.15) is 0 Å². The minimum atomic E-state index is 0.183. The lowest BCUT2D eigenvalue weighted by atomic mass is 9.99. The Hall–Kier alpha value is 0.820. The summed E-state index contributed by atoms with van der Waals surface area (Å²) in [4.78, 5) is 0. The smallest absolute Gasteiger partial charge is 0.0118 e. The molecular weight excluding hydrogens is 400 g/mol. The van der Waals surface area contributed by atoms with Crippen molar-refractivity contribution >= 4 is 15.8 Å². The maximum atomic E-state index is 7.13. The van der Waals surface area contributed by atoms with E-state index in [9.17, 15) is 0 Å². The molecule has 0 radical (unpaired) electrons. The van der Waals surface area contributed by atoms with Crippen LogP contribution in [0.15, 0.2) is 0 Å². The molecular formula is C27H51NP2. The lowest BCUT2D eigenvalue weighted by Crippen LogP contribution is -2.35. The van der Waals surface area contributed by atoms with Gasteiger partial charge in [0, 0.05) is 6.04 Å². The molecule has 174 valence electrons. The molecule has 4 rings (SSSR count). The average Bonchev–Trinajstić information content (AvgIpc) is 2.83. The third-order valence-electron chi connectivity index (χ3n) is 9.07. The average molecular weight is 452 g/mol. The Balaban J connectivity index is 1.40. The summed E-state index contributed by atoms with van der Waals surface area (Å²) in [6.45, 7) is 0. The monoisotopic (exact) mass is 451 g/mol. The zero-order chi connectivity index (χ0) is 20.6. The molecule has 0 bridgehead atoms. The van der Waals surface area contributed by atoms with Crippen molar-refractivity contribution in [2.24, 2.45) is 5.73 Å². The highest BCUT2D eigenvalue weighted by atomic mass is 31.1. The zero-order valence-corrected chi connectivity index (χ0v) is 21.7. The summed E-state index contributed by atoms with van der Waals surface area (Å²) < 4.78 is 0. The molecule has 0 aromatic rings. The maximum Gasteiger partial charge on any atom is 0.0118 e. The van der Waals surface area contributed by atoms with Crippen LogP contribution in [-0.2, 0) is 0 Å². The molecule has 4 fully saturated rings. The fourth-order valence-corrected chi connectivity index (χ4v) is 15.5. The van der Waals surface area contributed by atoms with Gasteiger partial charge >= 0.3 is 0 Å². The highest BCUT2D eigenvalue weighted by molar-refractivity contribution is 7.60. The standard InChI is InChI=1S/C27H51NP2/c28-23(21-29(24-13-5-1-6-14-24)25-15-7-2-8-16-25)22-30(26-17-9-3-10-18-26)27-19-11-4-12-20-27/h23-27H,1-22,28H2. The van der Waals surface area contributed by atoms with Crippen LogP contribution in [0.4, 0.5) is 0 Å². The molecule has 0 aromatic carbocycles. The van der Waals surface area contributed by atoms with E-state index >= 15 is 0 Å². The predicted molar refractivity (Wildman–Crippen MR) is 139 cm³/mol. The molecule has 0 aromatic heterocycles. The van der Waals surface area contributed by atoms with E-state index in [-0.39, 0.29) is 15.8 Å². The van der Waals surface area contributed by atoms with Crippen molar-refractivity contribution in [3.63, 3.8) is 0 Å². The molecule has 0 unspecified atom stereocenters. The predicted octanol–water partition coefficient (Wildman–Crippen LogP) is 8.61. The van der Waals surface area contributed by atoms with Gasteiger partial charge in [-0.15, -0.1) is 0 Å². The highest BCUT2D eigenvalue weighted by Gasteiger charge is 2.35. The van der Waals surface area contributed by atoms with Gasteiger partial charge in [-0.2, -0.15) is 0 Å². The van der Waals surface area contributed by atoms with Crippen LogP contribution >= 0.6 is 15.8 Å². The minimum Gasteiger partial charge on any atom is -0.327 e. The zero-order valence-electron chi connectivity index (χ0n) is 19.9. The van der Waals surface area contributed by atoms with Crippen LogP contribution < -0.4 is 5.73 Å². The van der Waals surface area contributed by atoms with Crippen LogP contribution in [0.3, 0.4) is 0 Å². The Morgan fingerprint density at radius 1 is 0.433 bits per heavy atom. The van der Waals surface area contributed by atoms with Crippen molar-refractivity contribution in [1.29, 1.82) is 0 Å². The molecule has 0 heterocycles. The van der Waals surface area contributed by atoms with E-state index in [2.05, 4.69) is 0 Å². The number of rotatable bonds is 8. The molecule has 4 aliphatic carbocycles. The number of nitrogens with two attached hydrogens (primary N) is 1. The van der Waals surface area contributed by atoms with Gasteiger partial charge in [0.2, 0.25) is 0 Å². The first-order valence-electron chi connectivity index (χ1n) is 14.1. The normalized spacial score (nSPS) is 26.8. The van der Waals surface area contributed by atoms with Crippen molar-refractivity contribution in [1.82, 2.24) is 0 Å². The fourth-order valence-electron chi connectivity index (χ4n) is 7.44. The molecule has 1 nitrogen and oxygen atoms in total. The second-order valence-electron chi connectivity index (χ2n) is 11.3. The molecule has 3 heteroatoms. The Kier molecular flexibility index (Phi) is 10.3. The lowest BCUT2D eigenvalue weighted by Gasteiger charge is -2.42. The molecule has 0 amide bonds. The Bertz CT molecular complexity index is 381. The van der Waals surface area contributed by atoms with Crippen LogP contribution in [0.1, 0.15) is 128 Å². The van der Waals surface area contributed by atoms with Crippen LogP contribution in [0.2, 0.25) is 0 Å². The first-order chi connectivity index (χ1) is 14.8. The van der Waals surface area contributed by atoms with Crippen LogP contribution in [-0.4, -0.2) is 41.0 Å². The number of hydrogen-bond acceptors (Lipinski definition) is 1. The van der Waals surface area contributed by atoms with E-state index in [1.165, 1.54) is 89.4 Å². The summed E-state index contributed by atoms with van der Waals surface area (Å²) in [5, 5.41) is 0. The molecule has 2 N–H and O–H groups in total. The van der Waals surface area contributed by atoms with Gasteiger partial charge in [0.05, 0.1) is 0 Å². The summed E-state index contributed by atoms with van der Waals surface area (Å²) in [7, 11) is 0.367. The number of hydrogen-bond donors (Lipinski definition) is 1. The topological polar surface area (TPSA) is 26.0 Å². The van der Waals surface area contributed by atoms with Crippen molar-refractivity contribution in [3.05, 3.63) is 0 Å². The third kappa shape index (κ3) is 6.91. The molecule has 4 aliphatic rings. The van der Waals surface area contributed by atoms with Crippen LogP contribution in [0.25, 0.3) is 0 Å². The van der Waals surface area contributed by atoms with E-state index in [0.29, 0.717) is 6.04 Å². The minimum absolute atomic E-state index is 0.183. The van der Waals surface area contributed by atoms with E-state index in [0.717, 1.165) is 22.6 Å². The largest absolute Gasteiger partial charge is 0.327 e. The van der Waals surface area contributed by atoms with Crippen molar-refractivity contribution < 1.29 is 0 Å². The van der Waals surface area contributed by atoms with Crippen LogP contribution in [0, 0.1) is 0 Å². The lowest BCUT2D eigenvalue weighted by molar-refractivity contribution is 0.480. The Labute approximate surface area is 191 Å². The first kappa shape index (κ1) is 24.0. The second-order valence-corrected chi connectivity index (χ2v) is 17.0. The maximum absolute atomic E-state index is 7.13. The van der Waals surface area contributed by atoms with Crippen molar-refractivity contribution in [3.8, 4) is 0 Å². The molecule has 0 aliphatic heterocycles. The summed E-state index contributed by atoms with van der Waals surface area (Å²) in [5.74, 6) is 0. The molecule has 0 saturated heterocycles. The van der Waals surface area contributed by atoms with Crippen LogP contribution in [0.5, 0.6) is 0 Å². The van der Waals surface area contributed by atoms with E-state index in [1.54, 1.807) is 51.4 Å². The summed E-state index contributed by atoms with van der Waals surface area (Å²) in [6.07, 6.45) is 33.4. The quantitative estimate of drug-likeness (QED) is 0.367. The van der Waals surface area contributed by atoms with Gasteiger partial charge in [-0.25, -0.2) is 0 Å². The van der Waals surface area contributed by atoms with E-state index in [1.807, 2.05) is 0 Å². The molecule has 0 spiro atoms. The van der Waals surface area contributed by atoms with E-state index in [4.69, 9.17) is 5.73 Å². The Morgan fingerprint density at radius 3 is 0.900 bits per heavy atom. The Morgan fingerprint density at radius 2 is 0.667 bits per heavy atom.